The molecule has 0 unspecified atom stereocenters. The Balaban J connectivity index is 1.71. The summed E-state index contributed by atoms with van der Waals surface area (Å²) in [4.78, 5) is 23.6. The number of fused-ring (bicyclic) bond motifs is 2. The lowest BCUT2D eigenvalue weighted by molar-refractivity contribution is -0.571. The summed E-state index contributed by atoms with van der Waals surface area (Å²) in [5.41, 5.74) is -0.588. The van der Waals surface area contributed by atoms with E-state index in [1.165, 1.54) is 0 Å². The maximum atomic E-state index is 11.8. The molecule has 24 heavy (non-hydrogen) atoms. The Bertz CT molecular complexity index is 533. The summed E-state index contributed by atoms with van der Waals surface area (Å²) in [6.07, 6.45) is 2.98. The van der Waals surface area contributed by atoms with Crippen molar-refractivity contribution in [2.75, 3.05) is 5.88 Å². The van der Waals surface area contributed by atoms with E-state index in [1.54, 1.807) is 0 Å². The molecule has 0 radical (unpaired) electrons. The van der Waals surface area contributed by atoms with Crippen molar-refractivity contribution in [2.24, 2.45) is 23.7 Å². The average molecular weight is 360 g/mol. The normalized spacial score (nSPS) is 53.2. The third-order valence-corrected chi connectivity index (χ3v) is 6.83. The summed E-state index contributed by atoms with van der Waals surface area (Å²) >= 11 is 5.65. The summed E-state index contributed by atoms with van der Waals surface area (Å²) in [5.74, 6) is 0.0642. The van der Waals surface area contributed by atoms with Gasteiger partial charge in [-0.2, -0.15) is 0 Å². The molecule has 0 aromatic heterocycles. The highest BCUT2D eigenvalue weighted by Crippen LogP contribution is 2.60. The number of carbonyl (C=O) groups excluding carboxylic acids is 1. The average Bonchev–Trinajstić information content (AvgIpc) is 2.78. The predicted molar refractivity (Wildman–Crippen MR) is 85.7 cm³/mol. The number of rotatable bonds is 2. The van der Waals surface area contributed by atoms with Crippen LogP contribution in [0.3, 0.4) is 0 Å². The molecule has 5 aliphatic rings. The summed E-state index contributed by atoms with van der Waals surface area (Å²) in [7, 11) is 0. The summed E-state index contributed by atoms with van der Waals surface area (Å²) in [6, 6.07) is 0. The molecule has 1 saturated carbocycles. The maximum absolute atomic E-state index is 11.8. The Morgan fingerprint density at radius 2 is 2.00 bits per heavy atom. The zero-order valence-corrected chi connectivity index (χ0v) is 15.2. The molecule has 7 heteroatoms. The minimum Gasteiger partial charge on any atom is -0.329 e. The van der Waals surface area contributed by atoms with E-state index >= 15 is 0 Å². The van der Waals surface area contributed by atoms with Crippen LogP contribution in [0, 0.1) is 23.7 Å². The molecule has 2 bridgehead atoms. The number of hydrogen-bond acceptors (Lipinski definition) is 5. The van der Waals surface area contributed by atoms with Gasteiger partial charge in [0.15, 0.2) is 11.9 Å². The van der Waals surface area contributed by atoms with Gasteiger partial charge in [0.05, 0.1) is 0 Å². The maximum Gasteiger partial charge on any atom is 0.236 e. The van der Waals surface area contributed by atoms with Gasteiger partial charge in [0.1, 0.15) is 12.1 Å². The van der Waals surface area contributed by atoms with Crippen molar-refractivity contribution >= 4 is 17.5 Å². The summed E-state index contributed by atoms with van der Waals surface area (Å²) < 4.78 is 12.4. The molecule has 0 aromatic carbocycles. The number of ether oxygens (including phenoxy) is 2. The Morgan fingerprint density at radius 1 is 1.21 bits per heavy atom. The zero-order valence-electron chi connectivity index (χ0n) is 14.4. The zero-order chi connectivity index (χ0) is 17.1. The topological polar surface area (TPSA) is 66.0 Å². The molecule has 1 spiro atoms. The lowest BCUT2D eigenvalue weighted by atomic mass is 9.58. The first-order valence-corrected chi connectivity index (χ1v) is 9.48. The molecule has 5 rings (SSSR count). The van der Waals surface area contributed by atoms with Crippen LogP contribution in [0.25, 0.3) is 0 Å². The molecule has 1 N–H and O–H groups in total. The van der Waals surface area contributed by atoms with Crippen molar-refractivity contribution in [3.8, 4) is 0 Å². The van der Waals surface area contributed by atoms with E-state index in [1.807, 2.05) is 6.92 Å². The summed E-state index contributed by atoms with van der Waals surface area (Å²) in [5, 5.41) is 2.89. The number of hydrogen-bond donors (Lipinski definition) is 1. The fraction of sp³-hybridized carbons (Fsp3) is 0.941. The van der Waals surface area contributed by atoms with Crippen LogP contribution in [0.2, 0.25) is 0 Å². The van der Waals surface area contributed by atoms with Gasteiger partial charge in [0, 0.05) is 18.3 Å². The van der Waals surface area contributed by atoms with E-state index < -0.39 is 23.9 Å². The van der Waals surface area contributed by atoms with Crippen LogP contribution in [0.4, 0.5) is 0 Å². The predicted octanol–water partition coefficient (Wildman–Crippen LogP) is 2.55. The van der Waals surface area contributed by atoms with Crippen LogP contribution in [0.15, 0.2) is 0 Å². The molecule has 8 atom stereocenters. The van der Waals surface area contributed by atoms with E-state index in [-0.39, 0.29) is 23.6 Å². The minimum atomic E-state index is -0.793. The van der Waals surface area contributed by atoms with Crippen molar-refractivity contribution in [3.05, 3.63) is 0 Å². The highest BCUT2D eigenvalue weighted by Gasteiger charge is 2.69. The summed E-state index contributed by atoms with van der Waals surface area (Å²) in [6.45, 7) is 6.28. The second-order valence-corrected chi connectivity index (χ2v) is 8.29. The van der Waals surface area contributed by atoms with Gasteiger partial charge in [-0.1, -0.05) is 13.8 Å². The number of nitrogens with one attached hydrogen (secondary N) is 1. The Labute approximate surface area is 147 Å². The van der Waals surface area contributed by atoms with Crippen LogP contribution >= 0.6 is 11.6 Å². The first-order chi connectivity index (χ1) is 11.4. The van der Waals surface area contributed by atoms with Gasteiger partial charge < -0.3 is 14.8 Å². The SMILES string of the molecule is C[C@H]1[C@H](NC(=O)CCl)O[C@@H]2O[C@@]3(C)CC[C@H]4[C@H](C)CC[C@@H]1[C@@]24OO3. The van der Waals surface area contributed by atoms with Crippen molar-refractivity contribution < 1.29 is 24.0 Å². The fourth-order valence-corrected chi connectivity index (χ4v) is 5.34. The molecule has 4 aliphatic heterocycles. The number of carbonyl (C=O) groups is 1. The Morgan fingerprint density at radius 3 is 2.75 bits per heavy atom. The molecule has 4 saturated heterocycles. The van der Waals surface area contributed by atoms with E-state index in [0.29, 0.717) is 11.8 Å². The molecule has 1 aliphatic carbocycles. The smallest absolute Gasteiger partial charge is 0.236 e. The Kier molecular flexibility index (Phi) is 4.12. The van der Waals surface area contributed by atoms with Gasteiger partial charge in [-0.25, -0.2) is 9.78 Å². The monoisotopic (exact) mass is 359 g/mol. The van der Waals surface area contributed by atoms with Crippen LogP contribution in [-0.2, 0) is 24.0 Å². The quantitative estimate of drug-likeness (QED) is 0.606. The standard InChI is InChI=1S/C17H26ClNO5/c1-9-4-5-12-10(2)14(19-13(20)8-18)21-15-17(12)11(9)6-7-16(3,22-15)23-24-17/h9-12,14-15H,4-8H2,1-3H3,(H,19,20)/t9-,10-,11+,12+,14-,15-,16-,17-/m1/s1. The van der Waals surface area contributed by atoms with Crippen molar-refractivity contribution in [3.63, 3.8) is 0 Å². The second-order valence-electron chi connectivity index (χ2n) is 8.03. The van der Waals surface area contributed by atoms with Gasteiger partial charge in [-0.3, -0.25) is 4.79 Å². The van der Waals surface area contributed by atoms with E-state index in [0.717, 1.165) is 25.7 Å². The third-order valence-electron chi connectivity index (χ3n) is 6.58. The lowest BCUT2D eigenvalue weighted by Crippen LogP contribution is -2.72. The van der Waals surface area contributed by atoms with Crippen LogP contribution < -0.4 is 5.32 Å². The molecule has 4 heterocycles. The minimum absolute atomic E-state index is 0.0785. The van der Waals surface area contributed by atoms with Crippen molar-refractivity contribution in [1.82, 2.24) is 5.32 Å². The van der Waals surface area contributed by atoms with Gasteiger partial charge in [0.25, 0.3) is 0 Å². The van der Waals surface area contributed by atoms with Crippen LogP contribution in [0.5, 0.6) is 0 Å². The van der Waals surface area contributed by atoms with Gasteiger partial charge in [-0.05, 0) is 38.0 Å². The third kappa shape index (κ3) is 2.34. The molecule has 5 fully saturated rings. The molecule has 0 aromatic rings. The van der Waals surface area contributed by atoms with Gasteiger partial charge in [0.2, 0.25) is 11.7 Å². The van der Waals surface area contributed by atoms with Crippen molar-refractivity contribution in [2.45, 2.75) is 70.4 Å². The van der Waals surface area contributed by atoms with Crippen molar-refractivity contribution in [1.29, 1.82) is 0 Å². The van der Waals surface area contributed by atoms with Crippen LogP contribution in [0.1, 0.15) is 46.5 Å². The largest absolute Gasteiger partial charge is 0.329 e. The fourth-order valence-electron chi connectivity index (χ4n) is 5.27. The Hall–Kier alpha value is -0.400. The van der Waals surface area contributed by atoms with E-state index in [9.17, 15) is 4.79 Å². The number of halogens is 1. The highest BCUT2D eigenvalue weighted by atomic mass is 35.5. The molecular weight excluding hydrogens is 334 g/mol. The van der Waals surface area contributed by atoms with E-state index in [2.05, 4.69) is 19.2 Å². The molecule has 1 amide bonds. The van der Waals surface area contributed by atoms with Gasteiger partial charge in [-0.15, -0.1) is 11.6 Å². The number of amides is 1. The lowest BCUT2D eigenvalue weighted by Gasteiger charge is -2.60. The highest BCUT2D eigenvalue weighted by molar-refractivity contribution is 6.27. The number of alkyl halides is 1. The molecular formula is C17H26ClNO5. The first kappa shape index (κ1) is 17.0. The second kappa shape index (κ2) is 5.81. The molecule has 136 valence electrons. The molecule has 6 nitrogen and oxygen atoms in total. The van der Waals surface area contributed by atoms with Gasteiger partial charge >= 0.3 is 0 Å². The van der Waals surface area contributed by atoms with Crippen LogP contribution in [-0.4, -0.2) is 35.7 Å². The first-order valence-electron chi connectivity index (χ1n) is 8.95. The van der Waals surface area contributed by atoms with E-state index in [4.69, 9.17) is 30.8 Å².